The molecule has 4 aliphatic rings. The first-order valence-corrected chi connectivity index (χ1v) is 17.6. The van der Waals surface area contributed by atoms with E-state index in [4.69, 9.17) is 4.74 Å². The summed E-state index contributed by atoms with van der Waals surface area (Å²) in [6, 6.07) is 0. The Balaban J connectivity index is 1.46. The molecular formula is C33H56Br2O2. The summed E-state index contributed by atoms with van der Waals surface area (Å²) in [5.41, 5.74) is 0.780. The molecule has 0 N–H and O–H groups in total. The molecule has 0 unspecified atom stereocenters. The number of esters is 1. The van der Waals surface area contributed by atoms with Crippen LogP contribution in [0.1, 0.15) is 132 Å². The molecule has 0 heterocycles. The van der Waals surface area contributed by atoms with Crippen LogP contribution in [0, 0.1) is 52.3 Å². The second kappa shape index (κ2) is 11.7. The zero-order valence-electron chi connectivity index (χ0n) is 25.0. The minimum atomic E-state index is 0.00630. The molecule has 0 spiro atoms. The van der Waals surface area contributed by atoms with Gasteiger partial charge in [-0.3, -0.25) is 4.79 Å². The molecule has 0 aromatic carbocycles. The summed E-state index contributed by atoms with van der Waals surface area (Å²) >= 11 is 8.62. The van der Waals surface area contributed by atoms with Crippen LogP contribution >= 0.6 is 31.9 Å². The Morgan fingerprint density at radius 1 is 1.00 bits per heavy atom. The van der Waals surface area contributed by atoms with Gasteiger partial charge in [0.25, 0.3) is 0 Å². The van der Waals surface area contributed by atoms with Crippen LogP contribution < -0.4 is 0 Å². The van der Waals surface area contributed by atoms with Gasteiger partial charge in [0.2, 0.25) is 0 Å². The third-order valence-electron chi connectivity index (χ3n) is 12.4. The van der Waals surface area contributed by atoms with E-state index in [9.17, 15) is 4.79 Å². The van der Waals surface area contributed by atoms with Crippen LogP contribution in [0.25, 0.3) is 0 Å². The summed E-state index contributed by atoms with van der Waals surface area (Å²) in [6.07, 6.45) is 15.9. The Bertz CT molecular complexity index is 799. The summed E-state index contributed by atoms with van der Waals surface area (Å²) in [4.78, 5) is 13.1. The van der Waals surface area contributed by atoms with Crippen LogP contribution in [0.5, 0.6) is 0 Å². The molecule has 37 heavy (non-hydrogen) atoms. The van der Waals surface area contributed by atoms with Crippen molar-refractivity contribution < 1.29 is 9.53 Å². The first-order chi connectivity index (χ1) is 17.4. The van der Waals surface area contributed by atoms with Gasteiger partial charge in [-0.15, -0.1) is 0 Å². The standard InChI is InChI=1S/C33H56Br2O2/c1-8-22(4)18-30(36)37-24-14-17-32(7)28-15-16-31(6)26(23(5)11-9-10-21(2)3)12-13-27(31)25(28)19-29(34)33(32,35)20-24/h21-29H,8-20H2,1-7H3/t22-,23-,24+,25-,26+,27-,28-,29+,31-,32-,33+/m1/s1. The molecular weight excluding hydrogens is 588 g/mol. The van der Waals surface area contributed by atoms with Gasteiger partial charge in [-0.2, -0.15) is 0 Å². The fourth-order valence-corrected chi connectivity index (χ4v) is 12.1. The van der Waals surface area contributed by atoms with Gasteiger partial charge in [0.15, 0.2) is 0 Å². The van der Waals surface area contributed by atoms with Crippen LogP contribution in [-0.2, 0) is 9.53 Å². The van der Waals surface area contributed by atoms with Crippen LogP contribution in [-0.4, -0.2) is 21.2 Å². The maximum absolute atomic E-state index is 12.6. The molecule has 214 valence electrons. The first-order valence-electron chi connectivity index (χ1n) is 15.9. The number of halogens is 2. The Labute approximate surface area is 245 Å². The quantitative estimate of drug-likeness (QED) is 0.184. The van der Waals surface area contributed by atoms with Crippen molar-refractivity contribution in [1.29, 1.82) is 0 Å². The van der Waals surface area contributed by atoms with Gasteiger partial charge in [0.1, 0.15) is 6.10 Å². The van der Waals surface area contributed by atoms with Gasteiger partial charge in [0, 0.05) is 22.0 Å². The number of alkyl halides is 2. The molecule has 11 atom stereocenters. The number of hydrogen-bond acceptors (Lipinski definition) is 2. The second-order valence-electron chi connectivity index (χ2n) is 15.0. The zero-order valence-corrected chi connectivity index (χ0v) is 28.1. The van der Waals surface area contributed by atoms with Crippen molar-refractivity contribution in [3.05, 3.63) is 0 Å². The van der Waals surface area contributed by atoms with Gasteiger partial charge < -0.3 is 4.74 Å². The van der Waals surface area contributed by atoms with E-state index in [0.29, 0.717) is 22.6 Å². The molecule has 4 fully saturated rings. The van der Waals surface area contributed by atoms with Gasteiger partial charge in [-0.25, -0.2) is 0 Å². The SMILES string of the molecule is CC[C@@H](C)CC(=O)O[C@H]1CC[C@]2(C)[C@@H]3CC[C@@]4(C)[C@H](CC[C@H]4[C@H](C)CCCC(C)C)[C@H]3C[C@H](Br)[C@@]2(Br)C1. The molecule has 0 aromatic heterocycles. The third-order valence-corrected chi connectivity index (χ3v) is 16.0. The fraction of sp³-hybridized carbons (Fsp3) is 0.970. The van der Waals surface area contributed by atoms with Crippen molar-refractivity contribution in [3.8, 4) is 0 Å². The molecule has 0 radical (unpaired) electrons. The minimum Gasteiger partial charge on any atom is -0.462 e. The Kier molecular flexibility index (Phi) is 9.64. The van der Waals surface area contributed by atoms with Crippen molar-refractivity contribution >= 4 is 37.8 Å². The number of ether oxygens (including phenoxy) is 1. The van der Waals surface area contributed by atoms with Gasteiger partial charge in [0.05, 0.1) is 0 Å². The largest absolute Gasteiger partial charge is 0.462 e. The Morgan fingerprint density at radius 3 is 2.41 bits per heavy atom. The molecule has 4 saturated carbocycles. The van der Waals surface area contributed by atoms with Gasteiger partial charge >= 0.3 is 5.97 Å². The topological polar surface area (TPSA) is 26.3 Å². The Morgan fingerprint density at radius 2 is 1.73 bits per heavy atom. The molecule has 4 heteroatoms. The molecule has 0 bridgehead atoms. The smallest absolute Gasteiger partial charge is 0.306 e. The highest BCUT2D eigenvalue weighted by Gasteiger charge is 2.67. The van der Waals surface area contributed by atoms with Gasteiger partial charge in [-0.1, -0.05) is 106 Å². The fourth-order valence-electron chi connectivity index (χ4n) is 9.94. The number of hydrogen-bond donors (Lipinski definition) is 0. The normalized spacial score (nSPS) is 45.0. The summed E-state index contributed by atoms with van der Waals surface area (Å²) in [5, 5.41) is 0. The summed E-state index contributed by atoms with van der Waals surface area (Å²) in [7, 11) is 0. The number of fused-ring (bicyclic) bond motifs is 5. The average molecular weight is 645 g/mol. The van der Waals surface area contributed by atoms with E-state index < -0.39 is 0 Å². The lowest BCUT2D eigenvalue weighted by Crippen LogP contribution is -2.64. The summed E-state index contributed by atoms with van der Waals surface area (Å²) in [5.74, 6) is 5.50. The molecule has 0 saturated heterocycles. The average Bonchev–Trinajstić information content (AvgIpc) is 3.18. The van der Waals surface area contributed by atoms with Crippen LogP contribution in [0.4, 0.5) is 0 Å². The lowest BCUT2D eigenvalue weighted by molar-refractivity contribution is -0.159. The van der Waals surface area contributed by atoms with E-state index in [1.54, 1.807) is 0 Å². The summed E-state index contributed by atoms with van der Waals surface area (Å²) < 4.78 is 6.10. The van der Waals surface area contributed by atoms with E-state index in [2.05, 4.69) is 80.3 Å². The van der Waals surface area contributed by atoms with Crippen molar-refractivity contribution in [1.82, 2.24) is 0 Å². The third kappa shape index (κ3) is 5.65. The first kappa shape index (κ1) is 30.4. The highest BCUT2D eigenvalue weighted by atomic mass is 79.9. The molecule has 0 aliphatic heterocycles. The van der Waals surface area contributed by atoms with Crippen molar-refractivity contribution in [3.63, 3.8) is 0 Å². The maximum Gasteiger partial charge on any atom is 0.306 e. The number of rotatable bonds is 9. The molecule has 0 aromatic rings. The Hall–Kier alpha value is 0.430. The molecule has 4 rings (SSSR count). The molecule has 0 amide bonds. The van der Waals surface area contributed by atoms with E-state index in [0.717, 1.165) is 54.8 Å². The van der Waals surface area contributed by atoms with Crippen LogP contribution in [0.3, 0.4) is 0 Å². The predicted molar refractivity (Wildman–Crippen MR) is 163 cm³/mol. The highest BCUT2D eigenvalue weighted by Crippen LogP contribution is 2.71. The molecule has 4 aliphatic carbocycles. The van der Waals surface area contributed by atoms with Crippen LogP contribution in [0.15, 0.2) is 0 Å². The van der Waals surface area contributed by atoms with Crippen molar-refractivity contribution in [2.75, 3.05) is 0 Å². The predicted octanol–water partition coefficient (Wildman–Crippen LogP) is 10.3. The van der Waals surface area contributed by atoms with Crippen molar-refractivity contribution in [2.24, 2.45) is 52.3 Å². The number of carbonyl (C=O) groups is 1. The molecule has 2 nitrogen and oxygen atoms in total. The second-order valence-corrected chi connectivity index (χ2v) is 17.5. The highest BCUT2D eigenvalue weighted by molar-refractivity contribution is 9.12. The van der Waals surface area contributed by atoms with Crippen LogP contribution in [0.2, 0.25) is 0 Å². The minimum absolute atomic E-state index is 0.00630. The lowest BCUT2D eigenvalue weighted by atomic mass is 9.44. The monoisotopic (exact) mass is 642 g/mol. The van der Waals surface area contributed by atoms with E-state index >= 15 is 0 Å². The van der Waals surface area contributed by atoms with Crippen molar-refractivity contribution in [2.45, 2.75) is 147 Å². The maximum atomic E-state index is 12.6. The zero-order chi connectivity index (χ0) is 27.2. The summed E-state index contributed by atoms with van der Waals surface area (Å²) in [6.45, 7) is 16.9. The lowest BCUT2D eigenvalue weighted by Gasteiger charge is -2.66. The van der Waals surface area contributed by atoms with E-state index in [1.807, 2.05) is 0 Å². The van der Waals surface area contributed by atoms with Gasteiger partial charge in [-0.05, 0) is 97.2 Å². The van der Waals surface area contributed by atoms with E-state index in [-0.39, 0.29) is 21.8 Å². The number of carbonyl (C=O) groups excluding carboxylic acids is 1. The van der Waals surface area contributed by atoms with E-state index in [1.165, 1.54) is 57.8 Å².